The molecule has 8 heteroatoms. The normalized spacial score (nSPS) is 18.3. The topological polar surface area (TPSA) is 85.2 Å². The molecule has 0 saturated carbocycles. The molecule has 0 radical (unpaired) electrons. The van der Waals surface area contributed by atoms with E-state index in [2.05, 4.69) is 15.7 Å². The van der Waals surface area contributed by atoms with E-state index >= 15 is 0 Å². The van der Waals surface area contributed by atoms with Crippen LogP contribution in [0.2, 0.25) is 0 Å². The van der Waals surface area contributed by atoms with Crippen LogP contribution in [0.15, 0.2) is 60.9 Å². The second-order valence-corrected chi connectivity index (χ2v) is 7.54. The average molecular weight is 422 g/mol. The van der Waals surface area contributed by atoms with Crippen LogP contribution >= 0.6 is 0 Å². The molecular weight excluding hydrogens is 399 g/mol. The molecule has 0 bridgehead atoms. The summed E-state index contributed by atoms with van der Waals surface area (Å²) in [5.74, 6) is -1.27. The summed E-state index contributed by atoms with van der Waals surface area (Å²) in [6.45, 7) is 0. The number of aryl methyl sites for hydroxylation is 1. The van der Waals surface area contributed by atoms with Gasteiger partial charge in [0.15, 0.2) is 0 Å². The van der Waals surface area contributed by atoms with Gasteiger partial charge in [-0.15, -0.1) is 0 Å². The van der Waals surface area contributed by atoms with Crippen molar-refractivity contribution >= 4 is 11.8 Å². The summed E-state index contributed by atoms with van der Waals surface area (Å²) in [5, 5.41) is 9.74. The van der Waals surface area contributed by atoms with E-state index in [-0.39, 0.29) is 12.1 Å². The molecule has 160 valence electrons. The zero-order valence-electron chi connectivity index (χ0n) is 17.2. The number of carbonyl (C=O) groups excluding carboxylic acids is 2. The van der Waals surface area contributed by atoms with Crippen LogP contribution in [0.4, 0.5) is 4.39 Å². The number of fused-ring (bicyclic) bond motifs is 1. The van der Waals surface area contributed by atoms with Crippen molar-refractivity contribution in [3.63, 3.8) is 0 Å². The van der Waals surface area contributed by atoms with Gasteiger partial charge >= 0.3 is 0 Å². The number of aromatic nitrogens is 2. The molecule has 0 saturated heterocycles. The Morgan fingerprint density at radius 1 is 1.19 bits per heavy atom. The van der Waals surface area contributed by atoms with Crippen LogP contribution in [-0.2, 0) is 23.0 Å². The SMILES string of the molecule is CO[C@@H]1c2ccccc2C[C@H]1NC(=O)[C@@H](NC(=O)c1cnn(C)c1)c1ccc(F)cc1. The summed E-state index contributed by atoms with van der Waals surface area (Å²) in [5.41, 5.74) is 2.94. The molecule has 2 amide bonds. The van der Waals surface area contributed by atoms with Crippen molar-refractivity contribution in [3.05, 3.63) is 89.0 Å². The van der Waals surface area contributed by atoms with Crippen molar-refractivity contribution in [2.24, 2.45) is 7.05 Å². The van der Waals surface area contributed by atoms with Gasteiger partial charge < -0.3 is 15.4 Å². The van der Waals surface area contributed by atoms with Crippen molar-refractivity contribution in [1.82, 2.24) is 20.4 Å². The number of benzene rings is 2. The van der Waals surface area contributed by atoms with Gasteiger partial charge in [0.1, 0.15) is 18.0 Å². The number of nitrogens with zero attached hydrogens (tertiary/aromatic N) is 2. The van der Waals surface area contributed by atoms with Crippen LogP contribution in [0.5, 0.6) is 0 Å². The number of rotatable bonds is 6. The number of methoxy groups -OCH3 is 1. The van der Waals surface area contributed by atoms with Crippen LogP contribution in [0.3, 0.4) is 0 Å². The molecule has 31 heavy (non-hydrogen) atoms. The molecule has 3 atom stereocenters. The van der Waals surface area contributed by atoms with E-state index in [1.807, 2.05) is 24.3 Å². The Labute approximate surface area is 179 Å². The van der Waals surface area contributed by atoms with Crippen molar-refractivity contribution < 1.29 is 18.7 Å². The highest BCUT2D eigenvalue weighted by Gasteiger charge is 2.35. The Hall–Kier alpha value is -3.52. The Morgan fingerprint density at radius 2 is 1.94 bits per heavy atom. The van der Waals surface area contributed by atoms with Crippen LogP contribution in [0, 0.1) is 5.82 Å². The van der Waals surface area contributed by atoms with Crippen LogP contribution < -0.4 is 10.6 Å². The number of halogens is 1. The molecule has 3 aromatic rings. The van der Waals surface area contributed by atoms with E-state index in [1.165, 1.54) is 35.1 Å². The molecular formula is C23H23FN4O3. The van der Waals surface area contributed by atoms with Crippen molar-refractivity contribution in [3.8, 4) is 0 Å². The van der Waals surface area contributed by atoms with Gasteiger partial charge in [-0.3, -0.25) is 14.3 Å². The maximum atomic E-state index is 13.4. The fraction of sp³-hybridized carbons (Fsp3) is 0.261. The lowest BCUT2D eigenvalue weighted by Crippen LogP contribution is -2.46. The lowest BCUT2D eigenvalue weighted by molar-refractivity contribution is -0.124. The molecule has 4 rings (SSSR count). The monoisotopic (exact) mass is 422 g/mol. The lowest BCUT2D eigenvalue weighted by Gasteiger charge is -2.24. The predicted octanol–water partition coefficient (Wildman–Crippen LogP) is 2.46. The molecule has 7 nitrogen and oxygen atoms in total. The number of ether oxygens (including phenoxy) is 1. The minimum atomic E-state index is -1.01. The summed E-state index contributed by atoms with van der Waals surface area (Å²) in [7, 11) is 3.30. The number of amides is 2. The minimum absolute atomic E-state index is 0.284. The first-order valence-electron chi connectivity index (χ1n) is 9.92. The fourth-order valence-electron chi connectivity index (χ4n) is 3.95. The number of hydrogen-bond acceptors (Lipinski definition) is 4. The Morgan fingerprint density at radius 3 is 2.61 bits per heavy atom. The zero-order chi connectivity index (χ0) is 22.0. The third kappa shape index (κ3) is 4.34. The summed E-state index contributed by atoms with van der Waals surface area (Å²) in [6.07, 6.45) is 3.31. The first kappa shape index (κ1) is 20.7. The highest BCUT2D eigenvalue weighted by molar-refractivity contribution is 5.97. The van der Waals surface area contributed by atoms with Crippen LogP contribution in [0.25, 0.3) is 0 Å². The van der Waals surface area contributed by atoms with Gasteiger partial charge in [0.05, 0.1) is 17.8 Å². The molecule has 2 N–H and O–H groups in total. The average Bonchev–Trinajstić information content (AvgIpc) is 3.35. The molecule has 0 fully saturated rings. The second kappa shape index (κ2) is 8.69. The summed E-state index contributed by atoms with van der Waals surface area (Å²) < 4.78 is 20.6. The van der Waals surface area contributed by atoms with E-state index in [4.69, 9.17) is 4.74 Å². The third-order valence-electron chi connectivity index (χ3n) is 5.46. The van der Waals surface area contributed by atoms with Gasteiger partial charge in [-0.25, -0.2) is 4.39 Å². The van der Waals surface area contributed by atoms with Gasteiger partial charge in [-0.1, -0.05) is 36.4 Å². The van der Waals surface area contributed by atoms with Gasteiger partial charge in [0, 0.05) is 20.4 Å². The van der Waals surface area contributed by atoms with Gasteiger partial charge in [-0.2, -0.15) is 5.10 Å². The highest BCUT2D eigenvalue weighted by Crippen LogP contribution is 2.34. The Bertz CT molecular complexity index is 1100. The van der Waals surface area contributed by atoms with E-state index in [0.29, 0.717) is 17.5 Å². The third-order valence-corrected chi connectivity index (χ3v) is 5.46. The van der Waals surface area contributed by atoms with Crippen LogP contribution in [0.1, 0.15) is 39.2 Å². The highest BCUT2D eigenvalue weighted by atomic mass is 19.1. The first-order valence-corrected chi connectivity index (χ1v) is 9.92. The fourth-order valence-corrected chi connectivity index (χ4v) is 3.95. The molecule has 1 heterocycles. The Kier molecular flexibility index (Phi) is 5.81. The molecule has 1 aliphatic carbocycles. The number of hydrogen-bond donors (Lipinski definition) is 2. The smallest absolute Gasteiger partial charge is 0.255 e. The predicted molar refractivity (Wildman–Crippen MR) is 112 cm³/mol. The largest absolute Gasteiger partial charge is 0.375 e. The van der Waals surface area contributed by atoms with Crippen molar-refractivity contribution in [2.45, 2.75) is 24.6 Å². The standard InChI is InChI=1S/C23H23FN4O3/c1-28-13-16(12-25-28)22(29)27-20(14-7-9-17(24)10-8-14)23(30)26-19-11-15-5-3-4-6-18(15)21(19)31-2/h3-10,12-13,19-21H,11H2,1-2H3,(H,26,30)(H,27,29)/t19-,20+,21-/m1/s1. The lowest BCUT2D eigenvalue weighted by atomic mass is 10.0. The second-order valence-electron chi connectivity index (χ2n) is 7.54. The minimum Gasteiger partial charge on any atom is -0.375 e. The molecule has 1 aliphatic rings. The molecule has 0 spiro atoms. The molecule has 0 unspecified atom stereocenters. The van der Waals surface area contributed by atoms with Gasteiger partial charge in [0.2, 0.25) is 5.91 Å². The molecule has 1 aromatic heterocycles. The van der Waals surface area contributed by atoms with E-state index < -0.39 is 23.7 Å². The quantitative estimate of drug-likeness (QED) is 0.639. The summed E-state index contributed by atoms with van der Waals surface area (Å²) in [4.78, 5) is 26.0. The molecule has 2 aromatic carbocycles. The van der Waals surface area contributed by atoms with Gasteiger partial charge in [-0.05, 0) is 35.2 Å². The van der Waals surface area contributed by atoms with Crippen molar-refractivity contribution in [1.29, 1.82) is 0 Å². The van der Waals surface area contributed by atoms with Gasteiger partial charge in [0.25, 0.3) is 5.91 Å². The van der Waals surface area contributed by atoms with E-state index in [9.17, 15) is 14.0 Å². The van der Waals surface area contributed by atoms with E-state index in [0.717, 1.165) is 11.1 Å². The maximum absolute atomic E-state index is 13.4. The summed E-state index contributed by atoms with van der Waals surface area (Å²) >= 11 is 0. The summed E-state index contributed by atoms with van der Waals surface area (Å²) in [6, 6.07) is 12.1. The Balaban J connectivity index is 1.57. The number of nitrogens with one attached hydrogen (secondary N) is 2. The van der Waals surface area contributed by atoms with Crippen molar-refractivity contribution in [2.75, 3.05) is 7.11 Å². The zero-order valence-corrected chi connectivity index (χ0v) is 17.2. The first-order chi connectivity index (χ1) is 15.0. The van der Waals surface area contributed by atoms with Crippen LogP contribution in [-0.4, -0.2) is 34.7 Å². The maximum Gasteiger partial charge on any atom is 0.255 e. The molecule has 0 aliphatic heterocycles. The number of carbonyl (C=O) groups is 2. The van der Waals surface area contributed by atoms with E-state index in [1.54, 1.807) is 20.4 Å².